The minimum atomic E-state index is -0.632. The van der Waals surface area contributed by atoms with Crippen molar-refractivity contribution in [1.82, 2.24) is 20.2 Å². The summed E-state index contributed by atoms with van der Waals surface area (Å²) in [6.45, 7) is 11.0. The number of tetrazole rings is 1. The van der Waals surface area contributed by atoms with E-state index in [4.69, 9.17) is 0 Å². The van der Waals surface area contributed by atoms with Gasteiger partial charge in [0.25, 0.3) is 5.91 Å². The minimum Gasteiger partial charge on any atom is -0.369 e. The highest BCUT2D eigenvalue weighted by Crippen LogP contribution is 2.35. The third-order valence-corrected chi connectivity index (χ3v) is 8.28. The van der Waals surface area contributed by atoms with Gasteiger partial charge < -0.3 is 5.32 Å². The Morgan fingerprint density at radius 3 is 1.95 bits per heavy atom. The fourth-order valence-electron chi connectivity index (χ4n) is 5.02. The lowest BCUT2D eigenvalue weighted by Gasteiger charge is -2.25. The quantitative estimate of drug-likeness (QED) is 0.123. The number of thioether (sulfide) groups is 1. The van der Waals surface area contributed by atoms with Crippen LogP contribution in [-0.2, 0) is 0 Å². The summed E-state index contributed by atoms with van der Waals surface area (Å²) in [4.78, 5) is 15.0. The van der Waals surface area contributed by atoms with Crippen molar-refractivity contribution in [3.8, 4) is 0 Å². The molecule has 1 unspecified atom stereocenters. The molecule has 1 N–H and O–H groups in total. The average Bonchev–Trinajstić information content (AvgIpc) is 3.43. The van der Waals surface area contributed by atoms with Crippen molar-refractivity contribution in [2.45, 2.75) is 122 Å². The molecule has 6 nitrogen and oxygen atoms in total. The number of anilines is 1. The molecule has 7 heteroatoms. The highest BCUT2D eigenvalue weighted by Gasteiger charge is 2.27. The van der Waals surface area contributed by atoms with Gasteiger partial charge in [0.15, 0.2) is 0 Å². The van der Waals surface area contributed by atoms with Crippen LogP contribution in [0.4, 0.5) is 5.69 Å². The molecule has 2 aromatic carbocycles. The standard InChI is InChI=1S/C33H49N5OS/c1-6-7-8-9-10-11-12-13-14-18-24-40-33-35-37-38(36-33)32(39)30(27-20-16-15-17-21-27)34-31-28(25(2)3)22-19-23-29(31)26(4)5/h15-17,19-23,25-26,30,34H,6-14,18,24H2,1-5H3. The van der Waals surface area contributed by atoms with Crippen LogP contribution in [0.3, 0.4) is 0 Å². The van der Waals surface area contributed by atoms with Crippen molar-refractivity contribution in [1.29, 1.82) is 0 Å². The van der Waals surface area contributed by atoms with Crippen molar-refractivity contribution in [3.63, 3.8) is 0 Å². The lowest BCUT2D eigenvalue weighted by Crippen LogP contribution is -2.29. The first kappa shape index (κ1) is 31.9. The summed E-state index contributed by atoms with van der Waals surface area (Å²) in [6.07, 6.45) is 13.1. The van der Waals surface area contributed by atoms with Gasteiger partial charge in [-0.25, -0.2) is 0 Å². The summed E-state index contributed by atoms with van der Waals surface area (Å²) in [5.41, 5.74) is 4.28. The Bertz CT molecular complexity index is 1120. The van der Waals surface area contributed by atoms with Crippen LogP contribution in [0.1, 0.15) is 138 Å². The Morgan fingerprint density at radius 2 is 1.38 bits per heavy atom. The number of rotatable bonds is 18. The highest BCUT2D eigenvalue weighted by molar-refractivity contribution is 7.99. The number of carbonyl (C=O) groups excluding carboxylic acids is 1. The van der Waals surface area contributed by atoms with E-state index in [1.54, 1.807) is 11.8 Å². The molecule has 0 spiro atoms. The van der Waals surface area contributed by atoms with Gasteiger partial charge in [0.1, 0.15) is 6.04 Å². The summed E-state index contributed by atoms with van der Waals surface area (Å²) >= 11 is 1.58. The predicted molar refractivity (Wildman–Crippen MR) is 168 cm³/mol. The van der Waals surface area contributed by atoms with E-state index in [-0.39, 0.29) is 5.91 Å². The van der Waals surface area contributed by atoms with Gasteiger partial charge in [0.2, 0.25) is 5.16 Å². The molecule has 0 aliphatic heterocycles. The van der Waals surface area contributed by atoms with Crippen LogP contribution in [0.2, 0.25) is 0 Å². The highest BCUT2D eigenvalue weighted by atomic mass is 32.2. The zero-order valence-electron chi connectivity index (χ0n) is 25.2. The number of aromatic nitrogens is 4. The first-order valence-electron chi connectivity index (χ1n) is 15.3. The maximum Gasteiger partial charge on any atom is 0.293 e. The molecule has 0 aliphatic rings. The molecule has 0 saturated heterocycles. The van der Waals surface area contributed by atoms with Gasteiger partial charge >= 0.3 is 0 Å². The number of unbranched alkanes of at least 4 members (excludes halogenated alkanes) is 9. The van der Waals surface area contributed by atoms with Crippen molar-refractivity contribution in [3.05, 3.63) is 65.2 Å². The summed E-state index contributed by atoms with van der Waals surface area (Å²) in [6, 6.07) is 15.6. The second kappa shape index (κ2) is 17.2. The molecule has 0 fully saturated rings. The Kier molecular flexibility index (Phi) is 13.7. The molecule has 3 rings (SSSR count). The maximum absolute atomic E-state index is 13.8. The van der Waals surface area contributed by atoms with Crippen LogP contribution in [0.5, 0.6) is 0 Å². The topological polar surface area (TPSA) is 72.7 Å². The van der Waals surface area contributed by atoms with Crippen LogP contribution < -0.4 is 5.32 Å². The van der Waals surface area contributed by atoms with E-state index in [0.29, 0.717) is 17.0 Å². The normalized spacial score (nSPS) is 12.3. The van der Waals surface area contributed by atoms with E-state index in [0.717, 1.165) is 23.4 Å². The SMILES string of the molecule is CCCCCCCCCCCCSc1nnn(C(=O)C(Nc2c(C(C)C)cccc2C(C)C)c2ccccc2)n1. The maximum atomic E-state index is 13.8. The molecule has 0 bridgehead atoms. The lowest BCUT2D eigenvalue weighted by molar-refractivity contribution is 0.0849. The molecular weight excluding hydrogens is 514 g/mol. The monoisotopic (exact) mass is 563 g/mol. The Balaban J connectivity index is 1.61. The van der Waals surface area contributed by atoms with Crippen molar-refractivity contribution >= 4 is 23.4 Å². The Morgan fingerprint density at radius 1 is 0.800 bits per heavy atom. The largest absolute Gasteiger partial charge is 0.369 e. The van der Waals surface area contributed by atoms with Gasteiger partial charge in [-0.3, -0.25) is 4.79 Å². The molecule has 218 valence electrons. The molecule has 1 heterocycles. The fourth-order valence-corrected chi connectivity index (χ4v) is 5.78. The van der Waals surface area contributed by atoms with Gasteiger partial charge in [-0.2, -0.15) is 0 Å². The number of hydrogen-bond donors (Lipinski definition) is 1. The summed E-state index contributed by atoms with van der Waals surface area (Å²) < 4.78 is 0. The average molecular weight is 564 g/mol. The molecule has 0 saturated carbocycles. The van der Waals surface area contributed by atoms with Crippen molar-refractivity contribution in [2.75, 3.05) is 11.1 Å². The van der Waals surface area contributed by atoms with Crippen molar-refractivity contribution in [2.24, 2.45) is 0 Å². The van der Waals surface area contributed by atoms with E-state index in [1.807, 2.05) is 30.3 Å². The number of nitrogens with one attached hydrogen (secondary N) is 1. The summed E-state index contributed by atoms with van der Waals surface area (Å²) in [5.74, 6) is 1.32. The van der Waals surface area contributed by atoms with Crippen LogP contribution in [0.25, 0.3) is 0 Å². The van der Waals surface area contributed by atoms with Crippen LogP contribution in [0.15, 0.2) is 53.7 Å². The van der Waals surface area contributed by atoms with E-state index >= 15 is 0 Å². The van der Waals surface area contributed by atoms with Gasteiger partial charge in [0, 0.05) is 11.4 Å². The van der Waals surface area contributed by atoms with Gasteiger partial charge in [-0.1, -0.05) is 157 Å². The zero-order chi connectivity index (χ0) is 28.7. The molecule has 0 amide bonds. The molecular formula is C33H49N5OS. The van der Waals surface area contributed by atoms with E-state index < -0.39 is 6.04 Å². The number of nitrogens with zero attached hydrogens (tertiary/aromatic N) is 4. The smallest absolute Gasteiger partial charge is 0.293 e. The van der Waals surface area contributed by atoms with Gasteiger partial charge in [-0.05, 0) is 40.2 Å². The molecule has 1 aromatic heterocycles. The minimum absolute atomic E-state index is 0.238. The van der Waals surface area contributed by atoms with Crippen LogP contribution >= 0.6 is 11.8 Å². The number of hydrogen-bond acceptors (Lipinski definition) is 6. The number of carbonyl (C=O) groups is 1. The van der Waals surface area contributed by atoms with Gasteiger partial charge in [0.05, 0.1) is 0 Å². The summed E-state index contributed by atoms with van der Waals surface area (Å²) in [7, 11) is 0. The molecule has 0 radical (unpaired) electrons. The molecule has 40 heavy (non-hydrogen) atoms. The molecule has 1 atom stereocenters. The predicted octanol–water partition coefficient (Wildman–Crippen LogP) is 9.43. The van der Waals surface area contributed by atoms with E-state index in [2.05, 4.69) is 73.5 Å². The fraction of sp³-hybridized carbons (Fsp3) is 0.576. The van der Waals surface area contributed by atoms with Crippen LogP contribution in [0, 0.1) is 0 Å². The van der Waals surface area contributed by atoms with Crippen molar-refractivity contribution < 1.29 is 4.79 Å². The van der Waals surface area contributed by atoms with Crippen LogP contribution in [-0.4, -0.2) is 31.9 Å². The first-order valence-corrected chi connectivity index (χ1v) is 16.3. The zero-order valence-corrected chi connectivity index (χ0v) is 26.1. The second-order valence-corrected chi connectivity index (χ2v) is 12.4. The Hall–Kier alpha value is -2.67. The first-order chi connectivity index (χ1) is 19.4. The molecule has 3 aromatic rings. The third kappa shape index (κ3) is 9.76. The van der Waals surface area contributed by atoms with E-state index in [1.165, 1.54) is 73.7 Å². The molecule has 0 aliphatic carbocycles. The van der Waals surface area contributed by atoms with E-state index in [9.17, 15) is 4.79 Å². The Labute approximate surface area is 246 Å². The number of benzene rings is 2. The third-order valence-electron chi connectivity index (χ3n) is 7.36. The van der Waals surface area contributed by atoms with Gasteiger partial charge in [-0.15, -0.1) is 10.2 Å². The summed E-state index contributed by atoms with van der Waals surface area (Å²) in [5, 5.41) is 17.0. The lowest BCUT2D eigenvalue weighted by atomic mass is 9.91. The number of para-hydroxylation sites is 1. The second-order valence-electron chi connectivity index (χ2n) is 11.3.